The van der Waals surface area contributed by atoms with Crippen molar-refractivity contribution >= 4 is 27.5 Å². The van der Waals surface area contributed by atoms with Crippen molar-refractivity contribution in [1.82, 2.24) is 0 Å². The third-order valence-electron chi connectivity index (χ3n) is 1.49. The smallest absolute Gasteiger partial charge is 0.137 e. The summed E-state index contributed by atoms with van der Waals surface area (Å²) < 4.78 is 13.2. The summed E-state index contributed by atoms with van der Waals surface area (Å²) >= 11 is 8.73. The minimum Gasteiger partial charge on any atom is -0.389 e. The minimum atomic E-state index is -0.750. The van der Waals surface area contributed by atoms with E-state index in [4.69, 9.17) is 16.7 Å². The van der Waals surface area contributed by atoms with Crippen LogP contribution in [0.15, 0.2) is 16.6 Å². The summed E-state index contributed by atoms with van der Waals surface area (Å²) in [5.41, 5.74) is 0.400. The zero-order valence-electron chi connectivity index (χ0n) is 6.31. The Kier molecular flexibility index (Phi) is 3.09. The highest BCUT2D eigenvalue weighted by atomic mass is 79.9. The molecule has 0 aromatic heterocycles. The molecule has 0 radical (unpaired) electrons. The second-order valence-corrected chi connectivity index (χ2v) is 3.73. The van der Waals surface area contributed by atoms with Crippen LogP contribution in [0, 0.1) is 5.82 Å². The summed E-state index contributed by atoms with van der Waals surface area (Å²) in [6, 6.07) is 2.65. The minimum absolute atomic E-state index is 0.303. The van der Waals surface area contributed by atoms with Crippen LogP contribution in [0.25, 0.3) is 0 Å². The van der Waals surface area contributed by atoms with Crippen LogP contribution in [0.5, 0.6) is 0 Å². The fourth-order valence-corrected chi connectivity index (χ4v) is 1.65. The fraction of sp³-hybridized carbons (Fsp3) is 0.250. The van der Waals surface area contributed by atoms with Gasteiger partial charge in [0.05, 0.1) is 10.6 Å². The Morgan fingerprint density at radius 1 is 1.58 bits per heavy atom. The normalized spacial score (nSPS) is 13.1. The Morgan fingerprint density at radius 3 is 2.67 bits per heavy atom. The Labute approximate surface area is 83.3 Å². The van der Waals surface area contributed by atoms with Gasteiger partial charge < -0.3 is 5.11 Å². The van der Waals surface area contributed by atoms with Gasteiger partial charge in [0.15, 0.2) is 0 Å². The Balaban J connectivity index is 3.23. The molecule has 1 unspecified atom stereocenters. The van der Waals surface area contributed by atoms with E-state index >= 15 is 0 Å². The number of halogens is 3. The lowest BCUT2D eigenvalue weighted by Gasteiger charge is -2.07. The number of rotatable bonds is 1. The maximum absolute atomic E-state index is 12.9. The van der Waals surface area contributed by atoms with Gasteiger partial charge in [-0.15, -0.1) is 0 Å². The van der Waals surface area contributed by atoms with Crippen molar-refractivity contribution in [2.24, 2.45) is 0 Å². The lowest BCUT2D eigenvalue weighted by Crippen LogP contribution is -1.94. The first-order valence-corrected chi connectivity index (χ1v) is 4.52. The second-order valence-electron chi connectivity index (χ2n) is 2.46. The molecule has 0 aliphatic heterocycles. The van der Waals surface area contributed by atoms with Crippen molar-refractivity contribution in [3.63, 3.8) is 0 Å². The highest BCUT2D eigenvalue weighted by Crippen LogP contribution is 2.28. The lowest BCUT2D eigenvalue weighted by molar-refractivity contribution is 0.199. The van der Waals surface area contributed by atoms with Gasteiger partial charge in [0.2, 0.25) is 0 Å². The predicted molar refractivity (Wildman–Crippen MR) is 49.7 cm³/mol. The average molecular weight is 253 g/mol. The Bertz CT molecular complexity index is 301. The molecule has 0 amide bonds. The molecule has 0 bridgehead atoms. The van der Waals surface area contributed by atoms with Gasteiger partial charge in [0.25, 0.3) is 0 Å². The van der Waals surface area contributed by atoms with E-state index in [2.05, 4.69) is 15.9 Å². The Morgan fingerprint density at radius 2 is 2.17 bits per heavy atom. The number of aliphatic hydroxyl groups is 1. The van der Waals surface area contributed by atoms with Crippen molar-refractivity contribution in [2.75, 3.05) is 0 Å². The van der Waals surface area contributed by atoms with Gasteiger partial charge in [-0.05, 0) is 35.0 Å². The van der Waals surface area contributed by atoms with E-state index in [9.17, 15) is 4.39 Å². The van der Waals surface area contributed by atoms with E-state index in [0.717, 1.165) is 0 Å². The molecule has 1 aromatic rings. The van der Waals surface area contributed by atoms with Gasteiger partial charge in [-0.3, -0.25) is 0 Å². The second kappa shape index (κ2) is 3.73. The summed E-state index contributed by atoms with van der Waals surface area (Å²) in [4.78, 5) is 0. The third kappa shape index (κ3) is 1.97. The van der Waals surface area contributed by atoms with E-state index < -0.39 is 11.9 Å². The molecule has 1 aromatic carbocycles. The van der Waals surface area contributed by atoms with Crippen molar-refractivity contribution in [2.45, 2.75) is 13.0 Å². The summed E-state index contributed by atoms with van der Waals surface area (Å²) in [5.74, 6) is -0.421. The summed E-state index contributed by atoms with van der Waals surface area (Å²) in [5, 5.41) is 9.51. The molecule has 0 heterocycles. The number of benzene rings is 1. The number of hydrogen-bond donors (Lipinski definition) is 1. The molecule has 1 N–H and O–H groups in total. The molecule has 0 aliphatic carbocycles. The molecule has 1 atom stereocenters. The van der Waals surface area contributed by atoms with E-state index in [1.165, 1.54) is 19.1 Å². The first kappa shape index (κ1) is 9.96. The monoisotopic (exact) mass is 252 g/mol. The SMILES string of the molecule is CC(O)c1cc(F)c(Br)cc1Cl. The van der Waals surface area contributed by atoms with Crippen LogP contribution in [0.3, 0.4) is 0 Å². The van der Waals surface area contributed by atoms with Crippen molar-refractivity contribution in [3.8, 4) is 0 Å². The van der Waals surface area contributed by atoms with Gasteiger partial charge in [-0.25, -0.2) is 4.39 Å². The van der Waals surface area contributed by atoms with Gasteiger partial charge in [0.1, 0.15) is 5.82 Å². The van der Waals surface area contributed by atoms with E-state index in [1.807, 2.05) is 0 Å². The van der Waals surface area contributed by atoms with Gasteiger partial charge in [-0.2, -0.15) is 0 Å². The number of hydrogen-bond acceptors (Lipinski definition) is 1. The van der Waals surface area contributed by atoms with E-state index in [0.29, 0.717) is 15.1 Å². The van der Waals surface area contributed by atoms with E-state index in [-0.39, 0.29) is 0 Å². The summed E-state index contributed by atoms with van der Waals surface area (Å²) in [7, 11) is 0. The van der Waals surface area contributed by atoms with Crippen molar-refractivity contribution in [1.29, 1.82) is 0 Å². The molecule has 0 fully saturated rings. The van der Waals surface area contributed by atoms with Crippen LogP contribution >= 0.6 is 27.5 Å². The van der Waals surface area contributed by atoms with Gasteiger partial charge in [-0.1, -0.05) is 11.6 Å². The van der Waals surface area contributed by atoms with Crippen LogP contribution in [0.4, 0.5) is 4.39 Å². The maximum atomic E-state index is 12.9. The molecule has 1 nitrogen and oxygen atoms in total. The summed E-state index contributed by atoms with van der Waals surface area (Å²) in [6.45, 7) is 1.54. The molecule has 1 rings (SSSR count). The largest absolute Gasteiger partial charge is 0.389 e. The Hall–Kier alpha value is -0.120. The molecule has 4 heteroatoms. The molecule has 0 saturated heterocycles. The highest BCUT2D eigenvalue weighted by molar-refractivity contribution is 9.10. The van der Waals surface area contributed by atoms with Crippen LogP contribution < -0.4 is 0 Å². The molecule has 12 heavy (non-hydrogen) atoms. The molecule has 0 saturated carbocycles. The van der Waals surface area contributed by atoms with Crippen LogP contribution in [0.2, 0.25) is 5.02 Å². The molecule has 66 valence electrons. The molecule has 0 aliphatic rings. The highest BCUT2D eigenvalue weighted by Gasteiger charge is 2.10. The van der Waals surface area contributed by atoms with Crippen LogP contribution in [-0.4, -0.2) is 5.11 Å². The predicted octanol–water partition coefficient (Wildman–Crippen LogP) is 3.29. The maximum Gasteiger partial charge on any atom is 0.137 e. The average Bonchev–Trinajstić information content (AvgIpc) is 1.96. The topological polar surface area (TPSA) is 20.2 Å². The van der Waals surface area contributed by atoms with Crippen molar-refractivity contribution in [3.05, 3.63) is 33.0 Å². The zero-order chi connectivity index (χ0) is 9.30. The fourth-order valence-electron chi connectivity index (χ4n) is 0.858. The van der Waals surface area contributed by atoms with Crippen LogP contribution in [-0.2, 0) is 0 Å². The first-order valence-electron chi connectivity index (χ1n) is 3.35. The molecular weight excluding hydrogens is 246 g/mol. The van der Waals surface area contributed by atoms with Crippen LogP contribution in [0.1, 0.15) is 18.6 Å². The standard InChI is InChI=1S/C8H7BrClFO/c1-4(12)5-2-8(11)6(9)3-7(5)10/h2-4,12H,1H3. The lowest BCUT2D eigenvalue weighted by atomic mass is 10.1. The molecular formula is C8H7BrClFO. The van der Waals surface area contributed by atoms with Crippen molar-refractivity contribution < 1.29 is 9.50 Å². The first-order chi connectivity index (χ1) is 5.52. The zero-order valence-corrected chi connectivity index (χ0v) is 8.66. The van der Waals surface area contributed by atoms with Gasteiger partial charge >= 0.3 is 0 Å². The van der Waals surface area contributed by atoms with Gasteiger partial charge in [0, 0.05) is 10.6 Å². The molecule has 0 spiro atoms. The third-order valence-corrected chi connectivity index (χ3v) is 2.42. The number of aliphatic hydroxyl groups excluding tert-OH is 1. The quantitative estimate of drug-likeness (QED) is 0.762. The van der Waals surface area contributed by atoms with E-state index in [1.54, 1.807) is 0 Å². The summed E-state index contributed by atoms with van der Waals surface area (Å²) in [6.07, 6.45) is -0.750.